The number of hydrogen-bond acceptors (Lipinski definition) is 3. The van der Waals surface area contributed by atoms with E-state index in [1.165, 1.54) is 12.3 Å². The highest BCUT2D eigenvalue weighted by atomic mass is 32.2. The summed E-state index contributed by atoms with van der Waals surface area (Å²) < 4.78 is 38.7. The Morgan fingerprint density at radius 1 is 1.16 bits per heavy atom. The highest BCUT2D eigenvalue weighted by Crippen LogP contribution is 2.35. The lowest BCUT2D eigenvalue weighted by molar-refractivity contribution is -0.140. The van der Waals surface area contributed by atoms with Gasteiger partial charge in [0.25, 0.3) is 0 Å². The third-order valence-corrected chi connectivity index (χ3v) is 4.70. The van der Waals surface area contributed by atoms with Gasteiger partial charge in [-0.05, 0) is 49.3 Å². The molecule has 0 fully saturated rings. The Labute approximate surface area is 149 Å². The van der Waals surface area contributed by atoms with E-state index in [2.05, 4.69) is 10.3 Å². The second-order valence-corrected chi connectivity index (χ2v) is 6.70. The Morgan fingerprint density at radius 2 is 1.84 bits per heavy atom. The second-order valence-electron chi connectivity index (χ2n) is 5.62. The number of aromatic nitrogens is 1. The van der Waals surface area contributed by atoms with Crippen LogP contribution in [0.5, 0.6) is 0 Å². The van der Waals surface area contributed by atoms with Crippen LogP contribution in [-0.2, 0) is 11.0 Å². The molecule has 25 heavy (non-hydrogen) atoms. The zero-order chi connectivity index (χ0) is 18.4. The molecule has 7 heteroatoms. The van der Waals surface area contributed by atoms with Crippen LogP contribution in [-0.4, -0.2) is 16.6 Å². The van der Waals surface area contributed by atoms with Gasteiger partial charge in [-0.2, -0.15) is 13.2 Å². The average molecular weight is 368 g/mol. The maximum Gasteiger partial charge on any atom is 0.419 e. The normalized spacial score (nSPS) is 11.4. The molecular weight excluding hydrogens is 349 g/mol. The van der Waals surface area contributed by atoms with Crippen molar-refractivity contribution < 1.29 is 18.0 Å². The number of carbonyl (C=O) groups excluding carboxylic acids is 1. The monoisotopic (exact) mass is 368 g/mol. The number of amides is 1. The lowest BCUT2D eigenvalue weighted by atomic mass is 10.1. The first-order valence-electron chi connectivity index (χ1n) is 7.80. The number of nitrogens with one attached hydrogen (secondary N) is 1. The summed E-state index contributed by atoms with van der Waals surface area (Å²) in [7, 11) is 0. The summed E-state index contributed by atoms with van der Waals surface area (Å²) in [4.78, 5) is 15.8. The second kappa shape index (κ2) is 8.38. The summed E-state index contributed by atoms with van der Waals surface area (Å²) in [6.45, 7) is 3.83. The number of carbonyl (C=O) groups is 1. The number of rotatable bonds is 6. The van der Waals surface area contributed by atoms with Crippen molar-refractivity contribution in [1.82, 2.24) is 4.98 Å². The van der Waals surface area contributed by atoms with Crippen LogP contribution in [0.15, 0.2) is 41.6 Å². The van der Waals surface area contributed by atoms with E-state index < -0.39 is 11.7 Å². The molecule has 0 aliphatic heterocycles. The van der Waals surface area contributed by atoms with Crippen LogP contribution in [0.1, 0.15) is 29.5 Å². The summed E-state index contributed by atoms with van der Waals surface area (Å²) in [6, 6.07) is 8.03. The number of halogens is 3. The molecule has 0 spiro atoms. The molecule has 0 aliphatic rings. The predicted octanol–water partition coefficient (Wildman–Crippen LogP) is 5.23. The molecule has 1 amide bonds. The minimum absolute atomic E-state index is 0.0508. The number of nitrogens with zero attached hydrogens (tertiary/aromatic N) is 1. The molecule has 0 unspecified atom stereocenters. The Bertz CT molecular complexity index is 727. The van der Waals surface area contributed by atoms with Gasteiger partial charge in [-0.1, -0.05) is 18.2 Å². The molecule has 1 aromatic carbocycles. The molecular formula is C18H19F3N2OS. The van der Waals surface area contributed by atoms with Crippen molar-refractivity contribution in [3.8, 4) is 0 Å². The predicted molar refractivity (Wildman–Crippen MR) is 93.7 cm³/mol. The van der Waals surface area contributed by atoms with E-state index in [0.717, 1.165) is 34.6 Å². The van der Waals surface area contributed by atoms with Gasteiger partial charge < -0.3 is 5.32 Å². The minimum Gasteiger partial charge on any atom is -0.326 e. The SMILES string of the molecule is Cc1cccc(C)c1NC(=O)CCCSc1ncccc1C(F)(F)F. The van der Waals surface area contributed by atoms with Crippen LogP contribution in [0.2, 0.25) is 0 Å². The maximum absolute atomic E-state index is 12.9. The molecule has 2 rings (SSSR count). The highest BCUT2D eigenvalue weighted by molar-refractivity contribution is 7.99. The molecule has 0 saturated carbocycles. The standard InChI is InChI=1S/C18H19F3N2OS/c1-12-6-3-7-13(2)16(12)23-15(24)9-5-11-25-17-14(18(19,20)21)8-4-10-22-17/h3-4,6-8,10H,5,9,11H2,1-2H3,(H,23,24). The number of aryl methyl sites for hydroxylation is 2. The van der Waals surface area contributed by atoms with E-state index in [-0.39, 0.29) is 17.4 Å². The molecule has 1 N–H and O–H groups in total. The lowest BCUT2D eigenvalue weighted by Gasteiger charge is -2.12. The summed E-state index contributed by atoms with van der Waals surface area (Å²) in [5, 5.41) is 2.82. The Morgan fingerprint density at radius 3 is 2.48 bits per heavy atom. The number of alkyl halides is 3. The van der Waals surface area contributed by atoms with Crippen LogP contribution in [0, 0.1) is 13.8 Å². The molecule has 3 nitrogen and oxygen atoms in total. The van der Waals surface area contributed by atoms with Crippen LogP contribution in [0.25, 0.3) is 0 Å². The van der Waals surface area contributed by atoms with E-state index in [4.69, 9.17) is 0 Å². The van der Waals surface area contributed by atoms with E-state index in [1.807, 2.05) is 32.0 Å². The van der Waals surface area contributed by atoms with Gasteiger partial charge in [0.15, 0.2) is 0 Å². The summed E-state index contributed by atoms with van der Waals surface area (Å²) >= 11 is 1.02. The van der Waals surface area contributed by atoms with Crippen LogP contribution in [0.3, 0.4) is 0 Å². The van der Waals surface area contributed by atoms with E-state index >= 15 is 0 Å². The number of para-hydroxylation sites is 1. The Hall–Kier alpha value is -2.02. The molecule has 1 heterocycles. The van der Waals surface area contributed by atoms with Gasteiger partial charge in [0.05, 0.1) is 5.56 Å². The minimum atomic E-state index is -4.42. The third-order valence-electron chi connectivity index (χ3n) is 3.61. The fourth-order valence-electron chi connectivity index (χ4n) is 2.34. The van der Waals surface area contributed by atoms with Gasteiger partial charge in [0, 0.05) is 18.3 Å². The van der Waals surface area contributed by atoms with E-state index in [9.17, 15) is 18.0 Å². The van der Waals surface area contributed by atoms with Crippen molar-refractivity contribution in [2.24, 2.45) is 0 Å². The first kappa shape index (κ1) is 19.3. The molecule has 0 saturated heterocycles. The van der Waals surface area contributed by atoms with Gasteiger partial charge in [-0.3, -0.25) is 4.79 Å². The number of thioether (sulfide) groups is 1. The Kier molecular flexibility index (Phi) is 6.47. The fourth-order valence-corrected chi connectivity index (χ4v) is 3.29. The highest BCUT2D eigenvalue weighted by Gasteiger charge is 2.33. The van der Waals surface area contributed by atoms with Crippen molar-refractivity contribution >= 4 is 23.4 Å². The zero-order valence-corrected chi connectivity index (χ0v) is 14.8. The Balaban J connectivity index is 1.85. The summed E-state index contributed by atoms with van der Waals surface area (Å²) in [6.07, 6.45) is -2.37. The van der Waals surface area contributed by atoms with Crippen LogP contribution < -0.4 is 5.32 Å². The number of anilines is 1. The number of benzene rings is 1. The zero-order valence-electron chi connectivity index (χ0n) is 14.0. The number of hydrogen-bond donors (Lipinski definition) is 1. The van der Waals surface area contributed by atoms with Gasteiger partial charge in [0.2, 0.25) is 5.91 Å². The summed E-state index contributed by atoms with van der Waals surface area (Å²) in [5.74, 6) is 0.246. The van der Waals surface area contributed by atoms with Crippen molar-refractivity contribution in [3.05, 3.63) is 53.2 Å². The van der Waals surface area contributed by atoms with Gasteiger partial charge in [-0.15, -0.1) is 11.8 Å². The largest absolute Gasteiger partial charge is 0.419 e. The summed E-state index contributed by atoms with van der Waals surface area (Å²) in [5.41, 5.74) is 2.02. The average Bonchev–Trinajstić information content (AvgIpc) is 2.55. The smallest absolute Gasteiger partial charge is 0.326 e. The van der Waals surface area contributed by atoms with Crippen LogP contribution in [0.4, 0.5) is 18.9 Å². The van der Waals surface area contributed by atoms with Crippen molar-refractivity contribution in [1.29, 1.82) is 0 Å². The lowest BCUT2D eigenvalue weighted by Crippen LogP contribution is -2.13. The van der Waals surface area contributed by atoms with Crippen LogP contribution >= 0.6 is 11.8 Å². The van der Waals surface area contributed by atoms with Gasteiger partial charge >= 0.3 is 6.18 Å². The van der Waals surface area contributed by atoms with Gasteiger partial charge in [0.1, 0.15) is 5.03 Å². The third kappa shape index (κ3) is 5.49. The van der Waals surface area contributed by atoms with Crippen molar-refractivity contribution in [2.75, 3.05) is 11.1 Å². The molecule has 0 aliphatic carbocycles. The fraction of sp³-hybridized carbons (Fsp3) is 0.333. The van der Waals surface area contributed by atoms with Crippen molar-refractivity contribution in [2.45, 2.75) is 37.9 Å². The molecule has 0 atom stereocenters. The first-order valence-corrected chi connectivity index (χ1v) is 8.78. The molecule has 1 aromatic heterocycles. The maximum atomic E-state index is 12.9. The molecule has 0 radical (unpaired) electrons. The molecule has 0 bridgehead atoms. The van der Waals surface area contributed by atoms with Gasteiger partial charge in [-0.25, -0.2) is 4.98 Å². The quantitative estimate of drug-likeness (QED) is 0.561. The van der Waals surface area contributed by atoms with E-state index in [1.54, 1.807) is 0 Å². The molecule has 2 aromatic rings. The number of pyridine rings is 1. The first-order chi connectivity index (χ1) is 11.8. The topological polar surface area (TPSA) is 42.0 Å². The van der Waals surface area contributed by atoms with E-state index in [0.29, 0.717) is 12.2 Å². The van der Waals surface area contributed by atoms with Crippen molar-refractivity contribution in [3.63, 3.8) is 0 Å². The molecule has 134 valence electrons.